The van der Waals surface area contributed by atoms with Crippen molar-refractivity contribution in [3.8, 4) is 11.8 Å². The molecule has 0 N–H and O–H groups in total. The van der Waals surface area contributed by atoms with Crippen LogP contribution in [0.5, 0.6) is 0 Å². The highest BCUT2D eigenvalue weighted by molar-refractivity contribution is 5.99. The van der Waals surface area contributed by atoms with Crippen molar-refractivity contribution in [2.45, 2.75) is 71.5 Å². The average Bonchev–Trinajstić information content (AvgIpc) is 3.54. The van der Waals surface area contributed by atoms with Crippen molar-refractivity contribution >= 4 is 5.78 Å². The van der Waals surface area contributed by atoms with Crippen molar-refractivity contribution in [3.05, 3.63) is 71.3 Å². The third kappa shape index (κ3) is 4.94. The van der Waals surface area contributed by atoms with Crippen molar-refractivity contribution in [2.24, 2.45) is 0 Å². The number of ketones is 1. The molecule has 4 rings (SSSR count). The first-order chi connectivity index (χ1) is 16.0. The van der Waals surface area contributed by atoms with Crippen LogP contribution >= 0.6 is 0 Å². The molecule has 0 spiro atoms. The molecule has 1 fully saturated rings. The number of nitriles is 1. The maximum absolute atomic E-state index is 13.5. The number of hydrogen-bond donors (Lipinski definition) is 0. The van der Waals surface area contributed by atoms with Crippen LogP contribution in [0.4, 0.5) is 0 Å². The molecule has 2 atom stereocenters. The molecule has 1 aliphatic heterocycles. The maximum Gasteiger partial charge on any atom is 0.178 e. The molecule has 33 heavy (non-hydrogen) atoms. The summed E-state index contributed by atoms with van der Waals surface area (Å²) in [5.74, 6) is 0.195. The summed E-state index contributed by atoms with van der Waals surface area (Å²) in [4.78, 5) is 15.9. The molecule has 1 saturated heterocycles. The summed E-state index contributed by atoms with van der Waals surface area (Å²) in [6.07, 6.45) is 8.96. The Kier molecular flexibility index (Phi) is 7.10. The van der Waals surface area contributed by atoms with E-state index >= 15 is 0 Å². The van der Waals surface area contributed by atoms with E-state index in [0.717, 1.165) is 54.9 Å². The van der Waals surface area contributed by atoms with Crippen molar-refractivity contribution in [1.29, 1.82) is 5.26 Å². The van der Waals surface area contributed by atoms with E-state index in [9.17, 15) is 10.1 Å². The number of benzene rings is 1. The first kappa shape index (κ1) is 23.0. The summed E-state index contributed by atoms with van der Waals surface area (Å²) >= 11 is 0. The van der Waals surface area contributed by atoms with E-state index in [1.165, 1.54) is 6.42 Å². The SMILES string of the molecule is CCC1CCC(C)N1CC(=O)c1cc(CCCn2cccn2)n(-c2ccc(C#N)cc2)c1C. The number of Topliss-reactive ketones (excluding diaryl/α,β-unsaturated/α-hetero) is 1. The minimum absolute atomic E-state index is 0.195. The van der Waals surface area contributed by atoms with Gasteiger partial charge in [0.05, 0.1) is 18.2 Å². The van der Waals surface area contributed by atoms with Crippen LogP contribution in [0.15, 0.2) is 48.8 Å². The molecular formula is C27H33N5O. The van der Waals surface area contributed by atoms with Gasteiger partial charge in [-0.1, -0.05) is 6.92 Å². The Hall–Kier alpha value is -3.17. The highest BCUT2D eigenvalue weighted by Crippen LogP contribution is 2.28. The van der Waals surface area contributed by atoms with Gasteiger partial charge < -0.3 is 4.57 Å². The molecular weight excluding hydrogens is 410 g/mol. The van der Waals surface area contributed by atoms with Crippen LogP contribution in [-0.4, -0.2) is 43.7 Å². The molecule has 6 heteroatoms. The summed E-state index contributed by atoms with van der Waals surface area (Å²) in [6.45, 7) is 7.79. The van der Waals surface area contributed by atoms with Gasteiger partial charge in [-0.05, 0) is 82.3 Å². The lowest BCUT2D eigenvalue weighted by Crippen LogP contribution is -2.38. The molecule has 6 nitrogen and oxygen atoms in total. The van der Waals surface area contributed by atoms with E-state index in [1.54, 1.807) is 6.20 Å². The second-order valence-corrected chi connectivity index (χ2v) is 9.09. The van der Waals surface area contributed by atoms with Crippen LogP contribution in [0.2, 0.25) is 0 Å². The molecule has 3 heterocycles. The zero-order valence-corrected chi connectivity index (χ0v) is 19.9. The third-order valence-electron chi connectivity index (χ3n) is 7.01. The second-order valence-electron chi connectivity index (χ2n) is 9.09. The third-order valence-corrected chi connectivity index (χ3v) is 7.01. The lowest BCUT2D eigenvalue weighted by molar-refractivity contribution is 0.0888. The van der Waals surface area contributed by atoms with Crippen LogP contribution in [-0.2, 0) is 13.0 Å². The number of aromatic nitrogens is 3. The van der Waals surface area contributed by atoms with Gasteiger partial charge in [0.25, 0.3) is 0 Å². The fraction of sp³-hybridized carbons (Fsp3) is 0.444. The van der Waals surface area contributed by atoms with Crippen molar-refractivity contribution in [2.75, 3.05) is 6.54 Å². The van der Waals surface area contributed by atoms with E-state index < -0.39 is 0 Å². The van der Waals surface area contributed by atoms with Crippen molar-refractivity contribution < 1.29 is 4.79 Å². The molecule has 172 valence electrons. The van der Waals surface area contributed by atoms with E-state index in [1.807, 2.05) is 48.1 Å². The number of carbonyl (C=O) groups excluding carboxylic acids is 1. The van der Waals surface area contributed by atoms with Crippen molar-refractivity contribution in [1.82, 2.24) is 19.2 Å². The predicted octanol–water partition coefficient (Wildman–Crippen LogP) is 4.93. The Morgan fingerprint density at radius 3 is 2.70 bits per heavy atom. The lowest BCUT2D eigenvalue weighted by Gasteiger charge is -2.26. The molecule has 0 bridgehead atoms. The summed E-state index contributed by atoms with van der Waals surface area (Å²) in [5.41, 5.74) is 4.52. The second kappa shape index (κ2) is 10.2. The minimum Gasteiger partial charge on any atom is -0.317 e. The van der Waals surface area contributed by atoms with E-state index in [0.29, 0.717) is 24.2 Å². The summed E-state index contributed by atoms with van der Waals surface area (Å²) in [6, 6.07) is 14.8. The monoisotopic (exact) mass is 443 g/mol. The number of hydrogen-bond acceptors (Lipinski definition) is 4. The maximum atomic E-state index is 13.5. The van der Waals surface area contributed by atoms with Gasteiger partial charge >= 0.3 is 0 Å². The summed E-state index contributed by atoms with van der Waals surface area (Å²) in [5, 5.41) is 13.5. The van der Waals surface area contributed by atoms with Crippen LogP contribution in [0.1, 0.15) is 66.8 Å². The molecule has 0 aliphatic carbocycles. The molecule has 2 unspecified atom stereocenters. The van der Waals surface area contributed by atoms with Gasteiger partial charge in [0, 0.05) is 53.7 Å². The number of likely N-dealkylation sites (tertiary alicyclic amines) is 1. The van der Waals surface area contributed by atoms with Gasteiger partial charge in [0.1, 0.15) is 0 Å². The molecule has 1 aliphatic rings. The van der Waals surface area contributed by atoms with Gasteiger partial charge in [-0.15, -0.1) is 0 Å². The molecule has 2 aromatic heterocycles. The number of rotatable bonds is 9. The standard InChI is InChI=1S/C27H33N5O/c1-4-23-11-8-20(2)31(23)19-27(33)26-17-25(7-5-15-30-16-6-14-29-30)32(21(26)3)24-12-9-22(18-28)10-13-24/h6,9-10,12-14,16-17,20,23H,4-5,7-8,11,15,19H2,1-3H3. The summed E-state index contributed by atoms with van der Waals surface area (Å²) < 4.78 is 4.12. The Balaban J connectivity index is 1.61. The minimum atomic E-state index is 0.195. The Morgan fingerprint density at radius 1 is 1.24 bits per heavy atom. The quantitative estimate of drug-likeness (QED) is 0.440. The normalized spacial score (nSPS) is 18.5. The fourth-order valence-corrected chi connectivity index (χ4v) is 5.14. The molecule has 0 amide bonds. The molecule has 0 radical (unpaired) electrons. The number of nitrogens with zero attached hydrogens (tertiary/aromatic N) is 5. The Morgan fingerprint density at radius 2 is 2.03 bits per heavy atom. The zero-order valence-electron chi connectivity index (χ0n) is 19.9. The van der Waals surface area contributed by atoms with Gasteiger partial charge in [0.2, 0.25) is 0 Å². The summed E-state index contributed by atoms with van der Waals surface area (Å²) in [7, 11) is 0. The van der Waals surface area contributed by atoms with E-state index in [-0.39, 0.29) is 5.78 Å². The smallest absolute Gasteiger partial charge is 0.178 e. The average molecular weight is 444 g/mol. The topological polar surface area (TPSA) is 66.8 Å². The van der Waals surface area contributed by atoms with E-state index in [2.05, 4.69) is 40.5 Å². The molecule has 0 saturated carbocycles. The van der Waals surface area contributed by atoms with Crippen LogP contribution in [0.3, 0.4) is 0 Å². The first-order valence-electron chi connectivity index (χ1n) is 12.0. The van der Waals surface area contributed by atoms with Gasteiger partial charge in [-0.25, -0.2) is 0 Å². The first-order valence-corrected chi connectivity index (χ1v) is 12.0. The van der Waals surface area contributed by atoms with Gasteiger partial charge in [0.15, 0.2) is 5.78 Å². The van der Waals surface area contributed by atoms with Crippen LogP contribution < -0.4 is 0 Å². The van der Waals surface area contributed by atoms with Crippen LogP contribution in [0, 0.1) is 18.3 Å². The van der Waals surface area contributed by atoms with E-state index in [4.69, 9.17) is 0 Å². The van der Waals surface area contributed by atoms with Crippen LogP contribution in [0.25, 0.3) is 5.69 Å². The Labute approximate surface area is 196 Å². The highest BCUT2D eigenvalue weighted by atomic mass is 16.1. The fourth-order valence-electron chi connectivity index (χ4n) is 5.14. The largest absolute Gasteiger partial charge is 0.317 e. The van der Waals surface area contributed by atoms with Crippen molar-refractivity contribution in [3.63, 3.8) is 0 Å². The Bertz CT molecular complexity index is 1120. The number of carbonyl (C=O) groups is 1. The lowest BCUT2D eigenvalue weighted by atomic mass is 10.1. The van der Waals surface area contributed by atoms with Gasteiger partial charge in [-0.2, -0.15) is 10.4 Å². The molecule has 1 aromatic carbocycles. The highest BCUT2D eigenvalue weighted by Gasteiger charge is 2.31. The predicted molar refractivity (Wildman–Crippen MR) is 130 cm³/mol. The van der Waals surface area contributed by atoms with Gasteiger partial charge in [-0.3, -0.25) is 14.4 Å². The molecule has 3 aromatic rings. The number of aryl methyl sites for hydroxylation is 2. The zero-order chi connectivity index (χ0) is 23.4.